The van der Waals surface area contributed by atoms with E-state index in [1.54, 1.807) is 4.31 Å². The molecule has 2 aliphatic heterocycles. The first-order chi connectivity index (χ1) is 12.7. The maximum absolute atomic E-state index is 13.9. The molecule has 2 aromatic rings. The zero-order valence-electron chi connectivity index (χ0n) is 16.8. The predicted molar refractivity (Wildman–Crippen MR) is 110 cm³/mol. The summed E-state index contributed by atoms with van der Waals surface area (Å²) >= 11 is 0. The van der Waals surface area contributed by atoms with Gasteiger partial charge in [-0.3, -0.25) is 4.31 Å². The number of hydrogen-bond acceptors (Lipinski definition) is 3. The lowest BCUT2D eigenvalue weighted by atomic mass is 9.89. The molecule has 0 aliphatic carbocycles. The molecule has 0 saturated carbocycles. The number of likely N-dealkylation sites (N-methyl/N-ethyl adjacent to an activating group) is 1. The number of aryl methyl sites for hydroxylation is 4. The van der Waals surface area contributed by atoms with Crippen LogP contribution in [0, 0.1) is 27.7 Å². The Kier molecular flexibility index (Phi) is 4.35. The lowest BCUT2D eigenvalue weighted by Gasteiger charge is -2.37. The number of sulfonamides is 1. The topological polar surface area (TPSA) is 40.6 Å². The number of nitrogens with zero attached hydrogens (tertiary/aromatic N) is 2. The van der Waals surface area contributed by atoms with Crippen LogP contribution in [0.25, 0.3) is 0 Å². The van der Waals surface area contributed by atoms with Crippen molar-refractivity contribution >= 4 is 15.7 Å². The summed E-state index contributed by atoms with van der Waals surface area (Å²) in [5, 5.41) is 0. The lowest BCUT2D eigenvalue weighted by molar-refractivity contribution is 0.237. The second-order valence-electron chi connectivity index (χ2n) is 8.32. The second kappa shape index (κ2) is 6.35. The van der Waals surface area contributed by atoms with E-state index < -0.39 is 10.0 Å². The highest BCUT2D eigenvalue weighted by Crippen LogP contribution is 2.48. The van der Waals surface area contributed by atoms with Crippen LogP contribution in [0.5, 0.6) is 0 Å². The number of hydrogen-bond donors (Lipinski definition) is 0. The van der Waals surface area contributed by atoms with E-state index in [4.69, 9.17) is 0 Å². The summed E-state index contributed by atoms with van der Waals surface area (Å²) in [7, 11) is -1.49. The molecular weight excluding hydrogens is 356 g/mol. The number of rotatable bonds is 2. The van der Waals surface area contributed by atoms with E-state index in [2.05, 4.69) is 24.9 Å². The maximum atomic E-state index is 13.9. The third-order valence-electron chi connectivity index (χ3n) is 6.02. The summed E-state index contributed by atoms with van der Waals surface area (Å²) in [6, 6.07) is 10.1. The molecule has 2 aliphatic rings. The van der Waals surface area contributed by atoms with Gasteiger partial charge in [0.2, 0.25) is 0 Å². The van der Waals surface area contributed by atoms with E-state index in [0.29, 0.717) is 4.90 Å². The van der Waals surface area contributed by atoms with Gasteiger partial charge in [0.1, 0.15) is 0 Å². The third-order valence-corrected chi connectivity index (χ3v) is 8.17. The molecule has 5 heteroatoms. The van der Waals surface area contributed by atoms with Crippen molar-refractivity contribution in [1.82, 2.24) is 4.90 Å². The Morgan fingerprint density at radius 3 is 2.30 bits per heavy atom. The molecule has 0 aromatic heterocycles. The van der Waals surface area contributed by atoms with E-state index >= 15 is 0 Å². The molecule has 0 amide bonds. The van der Waals surface area contributed by atoms with Crippen molar-refractivity contribution in [3.05, 3.63) is 58.1 Å². The third kappa shape index (κ3) is 2.88. The molecule has 1 fully saturated rings. The van der Waals surface area contributed by atoms with Crippen molar-refractivity contribution in [3.8, 4) is 0 Å². The number of benzene rings is 2. The first-order valence-corrected chi connectivity index (χ1v) is 11.1. The van der Waals surface area contributed by atoms with Gasteiger partial charge in [-0.2, -0.15) is 0 Å². The van der Waals surface area contributed by atoms with Gasteiger partial charge < -0.3 is 4.90 Å². The van der Waals surface area contributed by atoms with Crippen LogP contribution in [0.1, 0.15) is 40.2 Å². The fourth-order valence-corrected chi connectivity index (χ4v) is 7.18. The molecule has 2 aromatic carbocycles. The van der Waals surface area contributed by atoms with Crippen LogP contribution in [0.2, 0.25) is 0 Å². The monoisotopic (exact) mass is 384 g/mol. The van der Waals surface area contributed by atoms with E-state index in [-0.39, 0.29) is 12.0 Å². The van der Waals surface area contributed by atoms with Gasteiger partial charge in [0.05, 0.1) is 16.6 Å². The Hall–Kier alpha value is -1.85. The summed E-state index contributed by atoms with van der Waals surface area (Å²) < 4.78 is 29.5. The smallest absolute Gasteiger partial charge is 0.265 e. The number of anilines is 1. The molecule has 4 rings (SSSR count). The summed E-state index contributed by atoms with van der Waals surface area (Å²) in [5.74, 6) is 0.236. The molecule has 0 radical (unpaired) electrons. The zero-order chi connectivity index (χ0) is 19.5. The molecular formula is C22H28N2O2S. The summed E-state index contributed by atoms with van der Waals surface area (Å²) in [6.45, 7) is 9.73. The van der Waals surface area contributed by atoms with Crippen LogP contribution in [-0.4, -0.2) is 39.5 Å². The van der Waals surface area contributed by atoms with Crippen molar-refractivity contribution in [2.75, 3.05) is 24.4 Å². The van der Waals surface area contributed by atoms with Crippen LogP contribution in [0.3, 0.4) is 0 Å². The molecule has 2 atom stereocenters. The highest BCUT2D eigenvalue weighted by molar-refractivity contribution is 7.93. The minimum absolute atomic E-state index is 0.00287. The second-order valence-corrected chi connectivity index (χ2v) is 10.1. The Bertz CT molecular complexity index is 990. The highest BCUT2D eigenvalue weighted by atomic mass is 32.2. The van der Waals surface area contributed by atoms with Crippen molar-refractivity contribution in [1.29, 1.82) is 0 Å². The van der Waals surface area contributed by atoms with Crippen molar-refractivity contribution in [2.24, 2.45) is 0 Å². The normalized spacial score (nSPS) is 22.6. The van der Waals surface area contributed by atoms with Gasteiger partial charge in [-0.1, -0.05) is 35.4 Å². The van der Waals surface area contributed by atoms with E-state index in [0.717, 1.165) is 41.9 Å². The van der Waals surface area contributed by atoms with Gasteiger partial charge in [0.25, 0.3) is 10.0 Å². The largest absolute Gasteiger partial charge is 0.306 e. The van der Waals surface area contributed by atoms with Crippen LogP contribution >= 0.6 is 0 Å². The van der Waals surface area contributed by atoms with Gasteiger partial charge in [0, 0.05) is 12.5 Å². The Morgan fingerprint density at radius 2 is 1.63 bits per heavy atom. The average molecular weight is 385 g/mol. The summed E-state index contributed by atoms with van der Waals surface area (Å²) in [6.07, 6.45) is 0.859. The molecule has 144 valence electrons. The fourth-order valence-electron chi connectivity index (χ4n) is 5.02. The molecule has 1 saturated heterocycles. The van der Waals surface area contributed by atoms with Crippen LogP contribution in [-0.2, 0) is 10.0 Å². The number of piperidine rings is 1. The summed E-state index contributed by atoms with van der Waals surface area (Å²) in [4.78, 5) is 2.78. The zero-order valence-corrected chi connectivity index (χ0v) is 17.6. The van der Waals surface area contributed by atoms with Crippen molar-refractivity contribution < 1.29 is 8.42 Å². The van der Waals surface area contributed by atoms with Gasteiger partial charge >= 0.3 is 0 Å². The fraction of sp³-hybridized carbons (Fsp3) is 0.455. The molecule has 0 N–H and O–H groups in total. The molecule has 4 nitrogen and oxygen atoms in total. The standard InChI is InChI=1S/C22H28N2O2S/c1-14-6-7-20-18(12-14)19-13-23(5)9-8-21(19)24(20)27(25,26)22-16(3)10-15(2)11-17(22)4/h6-7,10-12,19,21H,8-9,13H2,1-5H3/t19-,21-/m0/s1. The Morgan fingerprint density at radius 1 is 0.963 bits per heavy atom. The molecule has 0 bridgehead atoms. The van der Waals surface area contributed by atoms with Gasteiger partial charge in [-0.05, 0) is 70.5 Å². The molecule has 2 heterocycles. The van der Waals surface area contributed by atoms with Crippen LogP contribution in [0.15, 0.2) is 35.2 Å². The minimum atomic E-state index is -3.62. The maximum Gasteiger partial charge on any atom is 0.265 e. The predicted octanol–water partition coefficient (Wildman–Crippen LogP) is 3.92. The molecule has 0 spiro atoms. The summed E-state index contributed by atoms with van der Waals surface area (Å²) in [5.41, 5.74) is 5.99. The Balaban J connectivity index is 1.91. The lowest BCUT2D eigenvalue weighted by Crippen LogP contribution is -2.47. The van der Waals surface area contributed by atoms with Crippen LogP contribution < -0.4 is 4.31 Å². The SMILES string of the molecule is Cc1cc(C)c(S(=O)(=O)N2c3ccc(C)cc3[C@@H]3CN(C)CC[C@@H]32)c(C)c1. The average Bonchev–Trinajstić information content (AvgIpc) is 2.87. The van der Waals surface area contributed by atoms with Crippen molar-refractivity contribution in [2.45, 2.75) is 51.0 Å². The van der Waals surface area contributed by atoms with E-state index in [1.807, 2.05) is 45.0 Å². The minimum Gasteiger partial charge on any atom is -0.306 e. The first kappa shape index (κ1) is 18.5. The number of likely N-dealkylation sites (tertiary alicyclic amines) is 1. The van der Waals surface area contributed by atoms with Gasteiger partial charge in [0.15, 0.2) is 0 Å². The molecule has 27 heavy (non-hydrogen) atoms. The first-order valence-electron chi connectivity index (χ1n) is 9.61. The Labute approximate surface area is 162 Å². The van der Waals surface area contributed by atoms with Crippen molar-refractivity contribution in [3.63, 3.8) is 0 Å². The van der Waals surface area contributed by atoms with E-state index in [9.17, 15) is 8.42 Å². The van der Waals surface area contributed by atoms with Crippen LogP contribution in [0.4, 0.5) is 5.69 Å². The highest BCUT2D eigenvalue weighted by Gasteiger charge is 2.47. The van der Waals surface area contributed by atoms with E-state index in [1.165, 1.54) is 11.1 Å². The number of fused-ring (bicyclic) bond motifs is 3. The molecule has 0 unspecified atom stereocenters. The van der Waals surface area contributed by atoms with Gasteiger partial charge in [-0.25, -0.2) is 8.42 Å². The van der Waals surface area contributed by atoms with Gasteiger partial charge in [-0.15, -0.1) is 0 Å². The quantitative estimate of drug-likeness (QED) is 0.788.